The standard InChI is InChI=1S/C21H23N5O6/c1-21(7-8-26(13-21)20(30)31-12-14-5-3-2-4-6-14)18-22-16(24-32-18)15-11-25(9-10-27)19(29)23-17(15)28/h2-6,11,27H,7-10,12-13H2,1H3,(H,23,28,29). The van der Waals surface area contributed by atoms with Gasteiger partial charge >= 0.3 is 11.8 Å². The Morgan fingerprint density at radius 2 is 2.09 bits per heavy atom. The minimum atomic E-state index is -0.653. The number of hydrogen-bond donors (Lipinski definition) is 2. The highest BCUT2D eigenvalue weighted by molar-refractivity contribution is 5.68. The monoisotopic (exact) mass is 441 g/mol. The van der Waals surface area contributed by atoms with Gasteiger partial charge in [0, 0.05) is 19.3 Å². The summed E-state index contributed by atoms with van der Waals surface area (Å²) in [5.74, 6) is 0.310. The van der Waals surface area contributed by atoms with Crippen molar-refractivity contribution in [3.8, 4) is 11.4 Å². The Morgan fingerprint density at radius 3 is 2.84 bits per heavy atom. The zero-order chi connectivity index (χ0) is 22.7. The quantitative estimate of drug-likeness (QED) is 0.574. The highest BCUT2D eigenvalue weighted by atomic mass is 16.6. The first-order valence-electron chi connectivity index (χ1n) is 10.1. The smallest absolute Gasteiger partial charge is 0.410 e. The highest BCUT2D eigenvalue weighted by Gasteiger charge is 2.42. The van der Waals surface area contributed by atoms with E-state index in [1.807, 2.05) is 37.3 Å². The van der Waals surface area contributed by atoms with Gasteiger partial charge in [-0.3, -0.25) is 14.3 Å². The average Bonchev–Trinajstić information content (AvgIpc) is 3.43. The van der Waals surface area contributed by atoms with Crippen molar-refractivity contribution in [2.24, 2.45) is 0 Å². The highest BCUT2D eigenvalue weighted by Crippen LogP contribution is 2.34. The van der Waals surface area contributed by atoms with Crippen LogP contribution < -0.4 is 11.2 Å². The van der Waals surface area contributed by atoms with Gasteiger partial charge in [-0.2, -0.15) is 4.98 Å². The van der Waals surface area contributed by atoms with Crippen LogP contribution in [0, 0.1) is 0 Å². The van der Waals surface area contributed by atoms with Crippen molar-refractivity contribution in [2.45, 2.75) is 31.9 Å². The van der Waals surface area contributed by atoms with Crippen LogP contribution in [0.3, 0.4) is 0 Å². The summed E-state index contributed by atoms with van der Waals surface area (Å²) in [4.78, 5) is 44.6. The Bertz CT molecular complexity index is 1220. The van der Waals surface area contributed by atoms with E-state index in [2.05, 4.69) is 15.1 Å². The van der Waals surface area contributed by atoms with Crippen LogP contribution in [-0.2, 0) is 23.3 Å². The number of nitrogens with zero attached hydrogens (tertiary/aromatic N) is 4. The summed E-state index contributed by atoms with van der Waals surface area (Å²) in [5.41, 5.74) is -0.947. The topological polar surface area (TPSA) is 144 Å². The molecule has 0 spiro atoms. The second-order valence-electron chi connectivity index (χ2n) is 7.91. The molecule has 4 rings (SSSR count). The number of aliphatic hydroxyl groups is 1. The van der Waals surface area contributed by atoms with E-state index < -0.39 is 22.8 Å². The number of aromatic amines is 1. The molecule has 2 aromatic heterocycles. The fourth-order valence-corrected chi connectivity index (χ4v) is 3.62. The number of rotatable bonds is 6. The number of carbonyl (C=O) groups is 1. The molecule has 1 unspecified atom stereocenters. The first-order chi connectivity index (χ1) is 15.4. The van der Waals surface area contributed by atoms with Crippen LogP contribution in [0.4, 0.5) is 4.79 Å². The normalized spacial score (nSPS) is 18.1. The molecule has 1 aliphatic heterocycles. The van der Waals surface area contributed by atoms with Crippen molar-refractivity contribution >= 4 is 6.09 Å². The van der Waals surface area contributed by atoms with E-state index in [-0.39, 0.29) is 37.0 Å². The van der Waals surface area contributed by atoms with E-state index in [0.717, 1.165) is 10.1 Å². The van der Waals surface area contributed by atoms with E-state index in [4.69, 9.17) is 14.4 Å². The molecule has 0 radical (unpaired) electrons. The third-order valence-corrected chi connectivity index (χ3v) is 5.47. The lowest BCUT2D eigenvalue weighted by Crippen LogP contribution is -2.33. The Kier molecular flexibility index (Phi) is 5.91. The van der Waals surface area contributed by atoms with Crippen LogP contribution in [-0.4, -0.2) is 55.5 Å². The first-order valence-corrected chi connectivity index (χ1v) is 10.1. The van der Waals surface area contributed by atoms with E-state index >= 15 is 0 Å². The molecule has 1 amide bonds. The summed E-state index contributed by atoms with van der Waals surface area (Å²) in [5, 5.41) is 13.0. The molecule has 3 heterocycles. The van der Waals surface area contributed by atoms with Gasteiger partial charge in [0.25, 0.3) is 5.56 Å². The van der Waals surface area contributed by atoms with Crippen LogP contribution in [0.15, 0.2) is 50.6 Å². The Balaban J connectivity index is 1.47. The van der Waals surface area contributed by atoms with Gasteiger partial charge in [-0.05, 0) is 18.9 Å². The molecular weight excluding hydrogens is 418 g/mol. The number of hydrogen-bond acceptors (Lipinski definition) is 8. The molecule has 0 saturated carbocycles. The number of benzene rings is 1. The minimum Gasteiger partial charge on any atom is -0.445 e. The number of carbonyl (C=O) groups excluding carboxylic acids is 1. The van der Waals surface area contributed by atoms with Crippen LogP contribution in [0.1, 0.15) is 24.8 Å². The molecule has 3 aromatic rings. The molecule has 168 valence electrons. The maximum absolute atomic E-state index is 12.5. The lowest BCUT2D eigenvalue weighted by Gasteiger charge is -2.20. The zero-order valence-corrected chi connectivity index (χ0v) is 17.5. The van der Waals surface area contributed by atoms with E-state index in [9.17, 15) is 14.4 Å². The Morgan fingerprint density at radius 1 is 1.31 bits per heavy atom. The largest absolute Gasteiger partial charge is 0.445 e. The predicted octanol–water partition coefficient (Wildman–Crippen LogP) is 0.879. The summed E-state index contributed by atoms with van der Waals surface area (Å²) >= 11 is 0. The van der Waals surface area contributed by atoms with E-state index in [1.165, 1.54) is 6.20 Å². The van der Waals surface area contributed by atoms with E-state index in [0.29, 0.717) is 19.5 Å². The van der Waals surface area contributed by atoms with Crippen molar-refractivity contribution in [1.82, 2.24) is 24.6 Å². The fourth-order valence-electron chi connectivity index (χ4n) is 3.62. The van der Waals surface area contributed by atoms with Crippen molar-refractivity contribution in [2.75, 3.05) is 19.7 Å². The van der Waals surface area contributed by atoms with E-state index in [1.54, 1.807) is 4.90 Å². The third-order valence-electron chi connectivity index (χ3n) is 5.47. The molecular formula is C21H23N5O6. The van der Waals surface area contributed by atoms with Crippen LogP contribution in [0.25, 0.3) is 11.4 Å². The van der Waals surface area contributed by atoms with Gasteiger partial charge in [0.15, 0.2) is 0 Å². The molecule has 1 aliphatic rings. The van der Waals surface area contributed by atoms with Gasteiger partial charge in [-0.1, -0.05) is 35.5 Å². The number of H-pyrrole nitrogens is 1. The number of likely N-dealkylation sites (tertiary alicyclic amines) is 1. The van der Waals surface area contributed by atoms with Crippen molar-refractivity contribution < 1.29 is 19.2 Å². The third kappa shape index (κ3) is 4.33. The second kappa shape index (κ2) is 8.79. The fraction of sp³-hybridized carbons (Fsp3) is 0.381. The van der Waals surface area contributed by atoms with Crippen LogP contribution in [0.5, 0.6) is 0 Å². The minimum absolute atomic E-state index is 0.0189. The maximum Gasteiger partial charge on any atom is 0.410 e. The second-order valence-corrected chi connectivity index (χ2v) is 7.91. The van der Waals surface area contributed by atoms with Gasteiger partial charge < -0.3 is 19.3 Å². The molecule has 1 atom stereocenters. The lowest BCUT2D eigenvalue weighted by molar-refractivity contribution is 0.102. The molecule has 0 bridgehead atoms. The number of nitrogens with one attached hydrogen (secondary N) is 1. The Labute approximate surface area is 182 Å². The zero-order valence-electron chi connectivity index (χ0n) is 17.5. The molecule has 0 aliphatic carbocycles. The summed E-state index contributed by atoms with van der Waals surface area (Å²) in [7, 11) is 0. The predicted molar refractivity (Wildman–Crippen MR) is 112 cm³/mol. The molecule has 11 heteroatoms. The lowest BCUT2D eigenvalue weighted by atomic mass is 9.90. The number of ether oxygens (including phenoxy) is 1. The van der Waals surface area contributed by atoms with Crippen molar-refractivity contribution in [3.05, 3.63) is 68.8 Å². The maximum atomic E-state index is 12.5. The van der Waals surface area contributed by atoms with Gasteiger partial charge in [-0.25, -0.2) is 9.59 Å². The summed E-state index contributed by atoms with van der Waals surface area (Å²) < 4.78 is 12.0. The summed E-state index contributed by atoms with van der Waals surface area (Å²) in [6, 6.07) is 9.42. The molecule has 1 aromatic carbocycles. The SMILES string of the molecule is CC1(c2nc(-c3cn(CCO)c(=O)[nH]c3=O)no2)CCN(C(=O)OCc2ccccc2)C1. The van der Waals surface area contributed by atoms with Crippen LogP contribution >= 0.6 is 0 Å². The first kappa shape index (κ1) is 21.5. The summed E-state index contributed by atoms with van der Waals surface area (Å²) in [6.07, 6.45) is 1.44. The van der Waals surface area contributed by atoms with Crippen molar-refractivity contribution in [1.29, 1.82) is 0 Å². The molecule has 2 N–H and O–H groups in total. The average molecular weight is 441 g/mol. The number of amides is 1. The van der Waals surface area contributed by atoms with Gasteiger partial charge in [-0.15, -0.1) is 0 Å². The van der Waals surface area contributed by atoms with Crippen molar-refractivity contribution in [3.63, 3.8) is 0 Å². The molecule has 11 nitrogen and oxygen atoms in total. The molecule has 32 heavy (non-hydrogen) atoms. The Hall–Kier alpha value is -3.73. The molecule has 1 fully saturated rings. The number of aromatic nitrogens is 4. The summed E-state index contributed by atoms with van der Waals surface area (Å²) in [6.45, 7) is 2.62. The van der Waals surface area contributed by atoms with Gasteiger partial charge in [0.05, 0.1) is 18.6 Å². The van der Waals surface area contributed by atoms with Gasteiger partial charge in [0.2, 0.25) is 11.7 Å². The van der Waals surface area contributed by atoms with Gasteiger partial charge in [0.1, 0.15) is 12.2 Å². The number of aliphatic hydroxyl groups excluding tert-OH is 1. The molecule has 1 saturated heterocycles. The van der Waals surface area contributed by atoms with Crippen LogP contribution in [0.2, 0.25) is 0 Å².